The van der Waals surface area contributed by atoms with Gasteiger partial charge in [-0.05, 0) is 42.0 Å². The molecule has 0 atom stereocenters. The van der Waals surface area contributed by atoms with E-state index in [2.05, 4.69) is 5.32 Å². The second-order valence-electron chi connectivity index (χ2n) is 6.99. The van der Waals surface area contributed by atoms with Gasteiger partial charge in [0.1, 0.15) is 0 Å². The van der Waals surface area contributed by atoms with Crippen LogP contribution in [0.15, 0.2) is 72.8 Å². The van der Waals surface area contributed by atoms with Gasteiger partial charge in [-0.25, -0.2) is 4.79 Å². The monoisotopic (exact) mass is 479 g/mol. The van der Waals surface area contributed by atoms with E-state index in [9.17, 15) is 14.4 Å². The second kappa shape index (κ2) is 11.7. The topological polar surface area (TPSA) is 90.9 Å². The number of hydrogen-bond acceptors (Lipinski definition) is 6. The molecule has 0 radical (unpaired) electrons. The fourth-order valence-electron chi connectivity index (χ4n) is 3.05. The van der Waals surface area contributed by atoms with Crippen molar-refractivity contribution in [3.8, 4) is 11.5 Å². The molecule has 1 N–H and O–H groups in total. The zero-order valence-electron chi connectivity index (χ0n) is 18.5. The van der Waals surface area contributed by atoms with Crippen LogP contribution < -0.4 is 14.8 Å². The Balaban J connectivity index is 1.62. The van der Waals surface area contributed by atoms with Crippen LogP contribution in [0.3, 0.4) is 0 Å². The lowest BCUT2D eigenvalue weighted by atomic mass is 10.0. The maximum atomic E-state index is 12.9. The molecule has 3 aromatic rings. The van der Waals surface area contributed by atoms with Crippen LogP contribution >= 0.6 is 11.6 Å². The van der Waals surface area contributed by atoms with Crippen LogP contribution in [0.25, 0.3) is 6.08 Å². The molecule has 0 aliphatic rings. The SMILES string of the molecule is COc1ccc(C=CC(=O)OCC(=O)Nc2ccc(Cl)cc2C(=O)c2ccccc2)cc1OC. The fraction of sp³-hybridized carbons (Fsp3) is 0.115. The normalized spacial score (nSPS) is 10.6. The first-order valence-corrected chi connectivity index (χ1v) is 10.5. The van der Waals surface area contributed by atoms with Crippen LogP contribution in [0.2, 0.25) is 5.02 Å². The third-order valence-corrected chi connectivity index (χ3v) is 4.94. The van der Waals surface area contributed by atoms with Crippen molar-refractivity contribution in [1.82, 2.24) is 0 Å². The Morgan fingerprint density at radius 1 is 0.912 bits per heavy atom. The summed E-state index contributed by atoms with van der Waals surface area (Å²) in [4.78, 5) is 37.2. The summed E-state index contributed by atoms with van der Waals surface area (Å²) in [5.74, 6) is -0.528. The average Bonchev–Trinajstić information content (AvgIpc) is 2.87. The van der Waals surface area contributed by atoms with Gasteiger partial charge in [0.25, 0.3) is 5.91 Å². The summed E-state index contributed by atoms with van der Waals surface area (Å²) in [6.07, 6.45) is 2.72. The number of anilines is 1. The van der Waals surface area contributed by atoms with E-state index in [0.29, 0.717) is 27.6 Å². The van der Waals surface area contributed by atoms with Gasteiger partial charge in [0.05, 0.1) is 19.9 Å². The Morgan fingerprint density at radius 2 is 1.65 bits per heavy atom. The van der Waals surface area contributed by atoms with Gasteiger partial charge >= 0.3 is 5.97 Å². The van der Waals surface area contributed by atoms with Crippen LogP contribution in [-0.2, 0) is 14.3 Å². The van der Waals surface area contributed by atoms with Gasteiger partial charge in [-0.2, -0.15) is 0 Å². The molecule has 0 saturated carbocycles. The summed E-state index contributed by atoms with van der Waals surface area (Å²) in [5.41, 5.74) is 1.63. The minimum atomic E-state index is -0.707. The minimum Gasteiger partial charge on any atom is -0.493 e. The van der Waals surface area contributed by atoms with E-state index in [1.807, 2.05) is 0 Å². The van der Waals surface area contributed by atoms with Crippen molar-refractivity contribution in [3.05, 3.63) is 94.5 Å². The number of esters is 1. The Kier molecular flexibility index (Phi) is 8.43. The maximum Gasteiger partial charge on any atom is 0.331 e. The lowest BCUT2D eigenvalue weighted by Gasteiger charge is -2.11. The van der Waals surface area contributed by atoms with Crippen molar-refractivity contribution >= 4 is 41.0 Å². The van der Waals surface area contributed by atoms with Gasteiger partial charge in [-0.15, -0.1) is 0 Å². The highest BCUT2D eigenvalue weighted by atomic mass is 35.5. The van der Waals surface area contributed by atoms with E-state index in [4.69, 9.17) is 25.8 Å². The number of carbonyl (C=O) groups excluding carboxylic acids is 3. The molecule has 0 aromatic heterocycles. The van der Waals surface area contributed by atoms with Crippen LogP contribution in [-0.4, -0.2) is 38.5 Å². The van der Waals surface area contributed by atoms with E-state index in [1.165, 1.54) is 38.5 Å². The molecule has 8 heteroatoms. The zero-order valence-corrected chi connectivity index (χ0v) is 19.3. The van der Waals surface area contributed by atoms with Gasteiger partial charge in [0, 0.05) is 22.2 Å². The lowest BCUT2D eigenvalue weighted by Crippen LogP contribution is -2.21. The summed E-state index contributed by atoms with van der Waals surface area (Å²) in [5, 5.41) is 2.95. The molecule has 0 aliphatic heterocycles. The predicted molar refractivity (Wildman–Crippen MR) is 129 cm³/mol. The summed E-state index contributed by atoms with van der Waals surface area (Å²) in [6.45, 7) is -0.531. The quantitative estimate of drug-likeness (QED) is 0.270. The van der Waals surface area contributed by atoms with Gasteiger partial charge in [-0.1, -0.05) is 48.0 Å². The molecule has 0 heterocycles. The number of amides is 1. The molecule has 0 spiro atoms. The molecule has 3 aromatic carbocycles. The number of methoxy groups -OCH3 is 2. The Hall–Kier alpha value is -4.10. The lowest BCUT2D eigenvalue weighted by molar-refractivity contribution is -0.142. The summed E-state index contributed by atoms with van der Waals surface area (Å²) < 4.78 is 15.4. The smallest absolute Gasteiger partial charge is 0.331 e. The first kappa shape index (κ1) is 24.5. The van der Waals surface area contributed by atoms with Crippen molar-refractivity contribution in [2.45, 2.75) is 0 Å². The van der Waals surface area contributed by atoms with Crippen LogP contribution in [0.4, 0.5) is 5.69 Å². The highest BCUT2D eigenvalue weighted by molar-refractivity contribution is 6.31. The number of nitrogens with one attached hydrogen (secondary N) is 1. The van der Waals surface area contributed by atoms with E-state index in [1.54, 1.807) is 54.6 Å². The van der Waals surface area contributed by atoms with Crippen molar-refractivity contribution < 1.29 is 28.6 Å². The fourth-order valence-corrected chi connectivity index (χ4v) is 3.22. The number of rotatable bonds is 9. The Labute approximate surface area is 201 Å². The zero-order chi connectivity index (χ0) is 24.5. The van der Waals surface area contributed by atoms with Crippen molar-refractivity contribution in [2.24, 2.45) is 0 Å². The van der Waals surface area contributed by atoms with Gasteiger partial charge in [0.2, 0.25) is 0 Å². The molecule has 174 valence electrons. The first-order chi connectivity index (χ1) is 16.4. The van der Waals surface area contributed by atoms with Gasteiger partial charge in [-0.3, -0.25) is 9.59 Å². The standard InChI is InChI=1S/C26H22ClNO6/c1-32-22-12-8-17(14-23(22)33-2)9-13-25(30)34-16-24(29)28-21-11-10-19(27)15-20(21)26(31)18-6-4-3-5-7-18/h3-15H,16H2,1-2H3,(H,28,29). The number of benzene rings is 3. The Morgan fingerprint density at radius 3 is 2.35 bits per heavy atom. The van der Waals surface area contributed by atoms with E-state index in [-0.39, 0.29) is 17.0 Å². The molecule has 7 nitrogen and oxygen atoms in total. The minimum absolute atomic E-state index is 0.228. The molecule has 34 heavy (non-hydrogen) atoms. The summed E-state index contributed by atoms with van der Waals surface area (Å²) >= 11 is 6.05. The molecule has 0 fully saturated rings. The molecule has 0 bridgehead atoms. The number of halogens is 1. The third-order valence-electron chi connectivity index (χ3n) is 4.70. The molecule has 3 rings (SSSR count). The average molecular weight is 480 g/mol. The predicted octanol–water partition coefficient (Wildman–Crippen LogP) is 4.78. The maximum absolute atomic E-state index is 12.9. The van der Waals surface area contributed by atoms with Crippen LogP contribution in [0, 0.1) is 0 Å². The number of hydrogen-bond donors (Lipinski definition) is 1. The molecule has 0 aliphatic carbocycles. The highest BCUT2D eigenvalue weighted by Crippen LogP contribution is 2.28. The third kappa shape index (κ3) is 6.46. The first-order valence-electron chi connectivity index (χ1n) is 10.2. The molecular weight excluding hydrogens is 458 g/mol. The van der Waals surface area contributed by atoms with Crippen molar-refractivity contribution in [3.63, 3.8) is 0 Å². The van der Waals surface area contributed by atoms with E-state index < -0.39 is 18.5 Å². The van der Waals surface area contributed by atoms with Crippen LogP contribution in [0.1, 0.15) is 21.5 Å². The molecular formula is C26H22ClNO6. The summed E-state index contributed by atoms with van der Waals surface area (Å²) in [6, 6.07) is 18.3. The van der Waals surface area contributed by atoms with E-state index >= 15 is 0 Å². The molecule has 1 amide bonds. The van der Waals surface area contributed by atoms with Crippen molar-refractivity contribution in [1.29, 1.82) is 0 Å². The van der Waals surface area contributed by atoms with Gasteiger partial charge < -0.3 is 19.5 Å². The number of ether oxygens (including phenoxy) is 3. The van der Waals surface area contributed by atoms with E-state index in [0.717, 1.165) is 0 Å². The number of ketones is 1. The largest absolute Gasteiger partial charge is 0.493 e. The highest BCUT2D eigenvalue weighted by Gasteiger charge is 2.16. The summed E-state index contributed by atoms with van der Waals surface area (Å²) in [7, 11) is 3.04. The second-order valence-corrected chi connectivity index (χ2v) is 7.43. The molecule has 0 saturated heterocycles. The van der Waals surface area contributed by atoms with Crippen molar-refractivity contribution in [2.75, 3.05) is 26.1 Å². The van der Waals surface area contributed by atoms with Gasteiger partial charge in [0.15, 0.2) is 23.9 Å². The van der Waals surface area contributed by atoms with Crippen LogP contribution in [0.5, 0.6) is 11.5 Å². The Bertz CT molecular complexity index is 1220. The number of carbonyl (C=O) groups is 3. The molecule has 0 unspecified atom stereocenters.